The van der Waals surface area contributed by atoms with Gasteiger partial charge < -0.3 is 10.8 Å². The van der Waals surface area contributed by atoms with Crippen molar-refractivity contribution in [3.05, 3.63) is 18.0 Å². The van der Waals surface area contributed by atoms with Gasteiger partial charge in [-0.1, -0.05) is 0 Å². The summed E-state index contributed by atoms with van der Waals surface area (Å²) in [5.41, 5.74) is 5.28. The smallest absolute Gasteiger partial charge is 0.311 e. The molecule has 1 unspecified atom stereocenters. The number of rotatable bonds is 4. The minimum absolute atomic E-state index is 0.110. The molecule has 0 aliphatic rings. The lowest BCUT2D eigenvalue weighted by Gasteiger charge is -2.21. The molecule has 0 bridgehead atoms. The predicted octanol–water partition coefficient (Wildman–Crippen LogP) is 0.0122. The van der Waals surface area contributed by atoms with Crippen LogP contribution in [-0.2, 0) is 18.3 Å². The Morgan fingerprint density at radius 3 is 2.79 bits per heavy atom. The topological polar surface area (TPSA) is 81.1 Å². The molecule has 0 saturated heterocycles. The van der Waals surface area contributed by atoms with Crippen molar-refractivity contribution in [2.24, 2.45) is 18.2 Å². The molecule has 0 aliphatic heterocycles. The van der Waals surface area contributed by atoms with E-state index in [1.54, 1.807) is 30.9 Å². The van der Waals surface area contributed by atoms with E-state index in [0.29, 0.717) is 6.42 Å². The Balaban J connectivity index is 2.80. The van der Waals surface area contributed by atoms with Crippen molar-refractivity contribution < 1.29 is 9.90 Å². The number of carboxylic acid groups (broad SMARTS) is 1. The Kier molecular flexibility index (Phi) is 2.90. The van der Waals surface area contributed by atoms with Crippen LogP contribution in [0, 0.1) is 5.41 Å². The van der Waals surface area contributed by atoms with Crippen LogP contribution in [0.25, 0.3) is 0 Å². The summed E-state index contributed by atoms with van der Waals surface area (Å²) in [6.45, 7) is 1.74. The van der Waals surface area contributed by atoms with Crippen LogP contribution in [-0.4, -0.2) is 27.4 Å². The number of hydrogen-bond donors (Lipinski definition) is 2. The van der Waals surface area contributed by atoms with Crippen LogP contribution >= 0.6 is 0 Å². The van der Waals surface area contributed by atoms with Gasteiger partial charge >= 0.3 is 5.97 Å². The first kappa shape index (κ1) is 10.7. The standard InChI is InChI=1S/C9H15N3O2/c1-9(6-10,8(13)14)5-7-3-4-12(2)11-7/h3-4H,5-6,10H2,1-2H3,(H,13,14). The largest absolute Gasteiger partial charge is 0.481 e. The van der Waals surface area contributed by atoms with Gasteiger partial charge in [-0.15, -0.1) is 0 Å². The van der Waals surface area contributed by atoms with Gasteiger partial charge in [0, 0.05) is 26.2 Å². The lowest BCUT2D eigenvalue weighted by atomic mass is 9.86. The maximum Gasteiger partial charge on any atom is 0.311 e. The van der Waals surface area contributed by atoms with Crippen molar-refractivity contribution in [2.75, 3.05) is 6.54 Å². The van der Waals surface area contributed by atoms with Crippen LogP contribution in [0.4, 0.5) is 0 Å². The molecule has 1 aromatic heterocycles. The molecule has 0 saturated carbocycles. The number of aliphatic carboxylic acids is 1. The molecule has 78 valence electrons. The SMILES string of the molecule is Cn1ccc(CC(C)(CN)C(=O)O)n1. The van der Waals surface area contributed by atoms with E-state index >= 15 is 0 Å². The second-order valence-electron chi connectivity index (χ2n) is 3.73. The first-order chi connectivity index (χ1) is 6.48. The van der Waals surface area contributed by atoms with Crippen LogP contribution in [0.2, 0.25) is 0 Å². The van der Waals surface area contributed by atoms with Crippen LogP contribution in [0.3, 0.4) is 0 Å². The molecule has 3 N–H and O–H groups in total. The summed E-state index contributed by atoms with van der Waals surface area (Å²) in [6.07, 6.45) is 2.15. The number of aryl methyl sites for hydroxylation is 1. The minimum Gasteiger partial charge on any atom is -0.481 e. The zero-order valence-corrected chi connectivity index (χ0v) is 8.40. The quantitative estimate of drug-likeness (QED) is 0.712. The molecule has 1 atom stereocenters. The van der Waals surface area contributed by atoms with Gasteiger partial charge in [0.2, 0.25) is 0 Å². The van der Waals surface area contributed by atoms with Gasteiger partial charge in [0.15, 0.2) is 0 Å². The molecule has 0 fully saturated rings. The van der Waals surface area contributed by atoms with E-state index in [1.165, 1.54) is 0 Å². The third-order valence-corrected chi connectivity index (χ3v) is 2.31. The molecule has 5 nitrogen and oxygen atoms in total. The lowest BCUT2D eigenvalue weighted by Crippen LogP contribution is -2.37. The highest BCUT2D eigenvalue weighted by atomic mass is 16.4. The third-order valence-electron chi connectivity index (χ3n) is 2.31. The fourth-order valence-corrected chi connectivity index (χ4v) is 1.19. The summed E-state index contributed by atoms with van der Waals surface area (Å²) < 4.78 is 1.65. The average molecular weight is 197 g/mol. The molecule has 0 aliphatic carbocycles. The molecule has 0 spiro atoms. The molecule has 0 radical (unpaired) electrons. The van der Waals surface area contributed by atoms with E-state index in [2.05, 4.69) is 5.10 Å². The van der Waals surface area contributed by atoms with Crippen molar-refractivity contribution in [2.45, 2.75) is 13.3 Å². The Labute approximate surface area is 82.5 Å². The summed E-state index contributed by atoms with van der Waals surface area (Å²) in [5.74, 6) is -0.884. The summed E-state index contributed by atoms with van der Waals surface area (Å²) in [6, 6.07) is 1.80. The second-order valence-corrected chi connectivity index (χ2v) is 3.73. The van der Waals surface area contributed by atoms with Gasteiger partial charge in [-0.25, -0.2) is 0 Å². The summed E-state index contributed by atoms with van der Waals surface area (Å²) >= 11 is 0. The average Bonchev–Trinajstić information content (AvgIpc) is 2.50. The molecule has 1 heterocycles. The molecular formula is C9H15N3O2. The van der Waals surface area contributed by atoms with Gasteiger partial charge in [-0.3, -0.25) is 9.48 Å². The molecule has 14 heavy (non-hydrogen) atoms. The van der Waals surface area contributed by atoms with Crippen LogP contribution in [0.1, 0.15) is 12.6 Å². The fraction of sp³-hybridized carbons (Fsp3) is 0.556. The fourth-order valence-electron chi connectivity index (χ4n) is 1.19. The van der Waals surface area contributed by atoms with E-state index < -0.39 is 11.4 Å². The monoisotopic (exact) mass is 197 g/mol. The highest BCUT2D eigenvalue weighted by Crippen LogP contribution is 2.20. The molecule has 1 aromatic rings. The second kappa shape index (κ2) is 3.79. The normalized spacial score (nSPS) is 15.1. The summed E-state index contributed by atoms with van der Waals surface area (Å²) in [4.78, 5) is 10.9. The first-order valence-electron chi connectivity index (χ1n) is 4.40. The maximum atomic E-state index is 10.9. The number of carboxylic acids is 1. The van der Waals surface area contributed by atoms with Crippen molar-refractivity contribution in [1.82, 2.24) is 9.78 Å². The Hall–Kier alpha value is -1.36. The lowest BCUT2D eigenvalue weighted by molar-refractivity contribution is -0.147. The van der Waals surface area contributed by atoms with Gasteiger partial charge in [0.1, 0.15) is 0 Å². The van der Waals surface area contributed by atoms with Crippen LogP contribution < -0.4 is 5.73 Å². The highest BCUT2D eigenvalue weighted by Gasteiger charge is 2.32. The highest BCUT2D eigenvalue weighted by molar-refractivity contribution is 5.74. The molecular weight excluding hydrogens is 182 g/mol. The van der Waals surface area contributed by atoms with Crippen molar-refractivity contribution >= 4 is 5.97 Å². The van der Waals surface area contributed by atoms with Gasteiger partial charge in [0.25, 0.3) is 0 Å². The first-order valence-corrected chi connectivity index (χ1v) is 4.40. The Bertz CT molecular complexity index is 335. The zero-order valence-electron chi connectivity index (χ0n) is 8.40. The van der Waals surface area contributed by atoms with E-state index in [-0.39, 0.29) is 6.54 Å². The molecule has 0 amide bonds. The third kappa shape index (κ3) is 2.11. The number of carbonyl (C=O) groups is 1. The maximum absolute atomic E-state index is 10.9. The van der Waals surface area contributed by atoms with E-state index in [4.69, 9.17) is 10.8 Å². The van der Waals surface area contributed by atoms with E-state index in [0.717, 1.165) is 5.69 Å². The molecule has 0 aromatic carbocycles. The number of nitrogens with two attached hydrogens (primary N) is 1. The van der Waals surface area contributed by atoms with E-state index in [9.17, 15) is 4.79 Å². The number of nitrogens with zero attached hydrogens (tertiary/aromatic N) is 2. The van der Waals surface area contributed by atoms with Crippen molar-refractivity contribution in [3.63, 3.8) is 0 Å². The molecule has 5 heteroatoms. The van der Waals surface area contributed by atoms with Gasteiger partial charge in [0.05, 0.1) is 11.1 Å². The van der Waals surface area contributed by atoms with Crippen LogP contribution in [0.15, 0.2) is 12.3 Å². The van der Waals surface area contributed by atoms with E-state index in [1.807, 2.05) is 0 Å². The Morgan fingerprint density at radius 1 is 1.79 bits per heavy atom. The van der Waals surface area contributed by atoms with Crippen LogP contribution in [0.5, 0.6) is 0 Å². The van der Waals surface area contributed by atoms with Gasteiger partial charge in [-0.2, -0.15) is 5.10 Å². The minimum atomic E-state index is -0.922. The molecule has 1 rings (SSSR count). The summed E-state index contributed by atoms with van der Waals surface area (Å²) in [5, 5.41) is 13.1. The predicted molar refractivity (Wildman–Crippen MR) is 51.7 cm³/mol. The zero-order chi connectivity index (χ0) is 10.8. The number of hydrogen-bond acceptors (Lipinski definition) is 3. The van der Waals surface area contributed by atoms with Crippen molar-refractivity contribution in [1.29, 1.82) is 0 Å². The Morgan fingerprint density at radius 2 is 2.43 bits per heavy atom. The summed E-state index contributed by atoms with van der Waals surface area (Å²) in [7, 11) is 1.80. The van der Waals surface area contributed by atoms with Gasteiger partial charge in [-0.05, 0) is 13.0 Å². The number of aromatic nitrogens is 2. The van der Waals surface area contributed by atoms with Crippen molar-refractivity contribution in [3.8, 4) is 0 Å².